The van der Waals surface area contributed by atoms with Crippen molar-refractivity contribution in [3.63, 3.8) is 0 Å². The van der Waals surface area contributed by atoms with Crippen LogP contribution in [0.25, 0.3) is 0 Å². The minimum absolute atomic E-state index is 0.0404. The first kappa shape index (κ1) is 16.5. The summed E-state index contributed by atoms with van der Waals surface area (Å²) in [6, 6.07) is 2.16. The maximum Gasteiger partial charge on any atom is 0.261 e. The number of thiophene rings is 1. The molecule has 1 aromatic heterocycles. The Morgan fingerprint density at radius 2 is 2.09 bits per heavy atom. The molecule has 2 heterocycles. The number of nitrogens with two attached hydrogens (primary N) is 1. The van der Waals surface area contributed by atoms with Crippen molar-refractivity contribution in [3.05, 3.63) is 21.4 Å². The van der Waals surface area contributed by atoms with Crippen LogP contribution in [0.4, 0.5) is 0 Å². The standard InChI is InChI=1S/C17H25N3O2S/c1-10-7-15(23-11(10)2)17(22)19-14-9-20(6-5-16(18)21)8-13(14)12-3-4-12/h7,12-14H,3-6,8-9H2,1-2H3,(H2,18,21)(H,19,22)/t13-,14+/m0/s1. The van der Waals surface area contributed by atoms with Crippen molar-refractivity contribution in [1.29, 1.82) is 0 Å². The van der Waals surface area contributed by atoms with E-state index in [2.05, 4.69) is 10.2 Å². The van der Waals surface area contributed by atoms with Crippen molar-refractivity contribution >= 4 is 23.2 Å². The average molecular weight is 335 g/mol. The molecule has 0 spiro atoms. The lowest BCUT2D eigenvalue weighted by molar-refractivity contribution is -0.118. The van der Waals surface area contributed by atoms with Gasteiger partial charge in [-0.3, -0.25) is 9.59 Å². The van der Waals surface area contributed by atoms with E-state index < -0.39 is 0 Å². The summed E-state index contributed by atoms with van der Waals surface area (Å²) in [6.45, 7) is 6.57. The Labute approximate surface area is 141 Å². The smallest absolute Gasteiger partial charge is 0.261 e. The predicted molar refractivity (Wildman–Crippen MR) is 91.5 cm³/mol. The molecule has 1 saturated carbocycles. The second-order valence-corrected chi connectivity index (χ2v) is 8.16. The first-order valence-corrected chi connectivity index (χ1v) is 9.14. The molecule has 2 fully saturated rings. The first-order chi connectivity index (χ1) is 10.9. The Bertz CT molecular complexity index is 589. The van der Waals surface area contributed by atoms with Gasteiger partial charge in [0.25, 0.3) is 5.91 Å². The van der Waals surface area contributed by atoms with E-state index in [9.17, 15) is 9.59 Å². The van der Waals surface area contributed by atoms with Crippen molar-refractivity contribution in [1.82, 2.24) is 10.2 Å². The third-order valence-corrected chi connectivity index (χ3v) is 6.20. The summed E-state index contributed by atoms with van der Waals surface area (Å²) >= 11 is 1.56. The van der Waals surface area contributed by atoms with Crippen molar-refractivity contribution in [2.45, 2.75) is 39.2 Å². The molecule has 1 aromatic rings. The second kappa shape index (κ2) is 6.61. The Morgan fingerprint density at radius 1 is 1.35 bits per heavy atom. The third kappa shape index (κ3) is 3.93. The fourth-order valence-electron chi connectivity index (χ4n) is 3.44. The molecule has 6 heteroatoms. The summed E-state index contributed by atoms with van der Waals surface area (Å²) in [5.41, 5.74) is 6.43. The van der Waals surface area contributed by atoms with Crippen LogP contribution in [0.2, 0.25) is 0 Å². The van der Waals surface area contributed by atoms with Crippen LogP contribution in [-0.4, -0.2) is 42.4 Å². The number of rotatable bonds is 6. The number of likely N-dealkylation sites (tertiary alicyclic amines) is 1. The molecule has 1 aliphatic carbocycles. The van der Waals surface area contributed by atoms with Gasteiger partial charge < -0.3 is 16.0 Å². The Hall–Kier alpha value is -1.40. The van der Waals surface area contributed by atoms with Crippen LogP contribution >= 0.6 is 11.3 Å². The van der Waals surface area contributed by atoms with E-state index in [1.807, 2.05) is 19.9 Å². The number of aryl methyl sites for hydroxylation is 2. The highest BCUT2D eigenvalue weighted by molar-refractivity contribution is 7.14. The molecule has 3 N–H and O–H groups in total. The van der Waals surface area contributed by atoms with Gasteiger partial charge in [0.2, 0.25) is 5.91 Å². The molecular weight excluding hydrogens is 310 g/mol. The van der Waals surface area contributed by atoms with Crippen LogP contribution in [0.3, 0.4) is 0 Å². The fraction of sp³-hybridized carbons (Fsp3) is 0.647. The molecule has 0 radical (unpaired) electrons. The number of nitrogens with one attached hydrogen (secondary N) is 1. The van der Waals surface area contributed by atoms with Gasteiger partial charge in [-0.1, -0.05) is 0 Å². The van der Waals surface area contributed by atoms with Gasteiger partial charge >= 0.3 is 0 Å². The van der Waals surface area contributed by atoms with E-state index in [-0.39, 0.29) is 17.9 Å². The minimum Gasteiger partial charge on any atom is -0.370 e. The van der Waals surface area contributed by atoms with E-state index in [1.54, 1.807) is 11.3 Å². The van der Waals surface area contributed by atoms with Gasteiger partial charge in [-0.05, 0) is 50.2 Å². The van der Waals surface area contributed by atoms with Crippen LogP contribution in [0.1, 0.15) is 39.4 Å². The van der Waals surface area contributed by atoms with E-state index in [0.717, 1.165) is 23.9 Å². The van der Waals surface area contributed by atoms with Gasteiger partial charge in [0, 0.05) is 37.0 Å². The molecule has 2 atom stereocenters. The normalized spacial score (nSPS) is 24.8. The average Bonchev–Trinajstić information content (AvgIpc) is 3.17. The number of amides is 2. The maximum absolute atomic E-state index is 12.5. The molecule has 0 bridgehead atoms. The fourth-order valence-corrected chi connectivity index (χ4v) is 4.38. The summed E-state index contributed by atoms with van der Waals surface area (Å²) in [7, 11) is 0. The quantitative estimate of drug-likeness (QED) is 0.830. The van der Waals surface area contributed by atoms with E-state index in [4.69, 9.17) is 5.73 Å². The zero-order chi connectivity index (χ0) is 16.6. The largest absolute Gasteiger partial charge is 0.370 e. The topological polar surface area (TPSA) is 75.4 Å². The van der Waals surface area contributed by atoms with Crippen molar-refractivity contribution in [2.24, 2.45) is 17.6 Å². The lowest BCUT2D eigenvalue weighted by atomic mass is 9.98. The molecule has 0 unspecified atom stereocenters. The molecule has 2 aliphatic rings. The number of carbonyl (C=O) groups excluding carboxylic acids is 2. The van der Waals surface area contributed by atoms with Gasteiger partial charge in [-0.25, -0.2) is 0 Å². The van der Waals surface area contributed by atoms with Gasteiger partial charge in [-0.15, -0.1) is 11.3 Å². The molecule has 5 nitrogen and oxygen atoms in total. The lowest BCUT2D eigenvalue weighted by Crippen LogP contribution is -2.41. The van der Waals surface area contributed by atoms with Crippen molar-refractivity contribution in [2.75, 3.05) is 19.6 Å². The molecule has 3 rings (SSSR count). The number of carbonyl (C=O) groups is 2. The van der Waals surface area contributed by atoms with Gasteiger partial charge in [0.15, 0.2) is 0 Å². The first-order valence-electron chi connectivity index (χ1n) is 8.32. The number of hydrogen-bond donors (Lipinski definition) is 2. The number of hydrogen-bond acceptors (Lipinski definition) is 4. The summed E-state index contributed by atoms with van der Waals surface area (Å²) in [6.07, 6.45) is 2.91. The molecular formula is C17H25N3O2S. The predicted octanol–water partition coefficient (Wildman–Crippen LogP) is 1.68. The van der Waals surface area contributed by atoms with Crippen LogP contribution in [0.5, 0.6) is 0 Å². The highest BCUT2D eigenvalue weighted by Gasteiger charge is 2.43. The van der Waals surface area contributed by atoms with E-state index in [1.165, 1.54) is 23.3 Å². The van der Waals surface area contributed by atoms with Crippen molar-refractivity contribution in [3.8, 4) is 0 Å². The van der Waals surface area contributed by atoms with Crippen LogP contribution in [-0.2, 0) is 4.79 Å². The monoisotopic (exact) mass is 335 g/mol. The molecule has 1 aliphatic heterocycles. The van der Waals surface area contributed by atoms with Crippen LogP contribution in [0.15, 0.2) is 6.07 Å². The highest BCUT2D eigenvalue weighted by Crippen LogP contribution is 2.41. The molecule has 0 aromatic carbocycles. The Morgan fingerprint density at radius 3 is 2.65 bits per heavy atom. The lowest BCUT2D eigenvalue weighted by Gasteiger charge is -2.19. The third-order valence-electron chi connectivity index (χ3n) is 5.05. The summed E-state index contributed by atoms with van der Waals surface area (Å²) < 4.78 is 0. The van der Waals surface area contributed by atoms with Gasteiger partial charge in [0.1, 0.15) is 0 Å². The van der Waals surface area contributed by atoms with Gasteiger partial charge in [0.05, 0.1) is 4.88 Å². The summed E-state index contributed by atoms with van der Waals surface area (Å²) in [4.78, 5) is 27.8. The van der Waals surface area contributed by atoms with E-state index >= 15 is 0 Å². The van der Waals surface area contributed by atoms with Crippen molar-refractivity contribution < 1.29 is 9.59 Å². The molecule has 126 valence electrons. The minimum atomic E-state index is -0.259. The van der Waals surface area contributed by atoms with Gasteiger partial charge in [-0.2, -0.15) is 0 Å². The Balaban J connectivity index is 1.62. The summed E-state index contributed by atoms with van der Waals surface area (Å²) in [5.74, 6) is 1.02. The van der Waals surface area contributed by atoms with Crippen LogP contribution in [0, 0.1) is 25.7 Å². The number of primary amides is 1. The SMILES string of the molecule is Cc1cc(C(=O)N[C@@H]2CN(CCC(N)=O)C[C@H]2C2CC2)sc1C. The van der Waals surface area contributed by atoms with E-state index in [0.29, 0.717) is 18.9 Å². The second-order valence-electron chi connectivity index (χ2n) is 6.91. The highest BCUT2D eigenvalue weighted by atomic mass is 32.1. The molecule has 1 saturated heterocycles. The molecule has 23 heavy (non-hydrogen) atoms. The zero-order valence-corrected chi connectivity index (χ0v) is 14.6. The Kier molecular flexibility index (Phi) is 4.73. The number of nitrogens with zero attached hydrogens (tertiary/aromatic N) is 1. The molecule has 2 amide bonds. The maximum atomic E-state index is 12.5. The zero-order valence-electron chi connectivity index (χ0n) is 13.8. The van der Waals surface area contributed by atoms with Crippen LogP contribution < -0.4 is 11.1 Å². The summed E-state index contributed by atoms with van der Waals surface area (Å²) in [5, 5.41) is 3.24.